The molecule has 1 heterocycles. The molecule has 122 valence electrons. The molecule has 0 atom stereocenters. The Morgan fingerprint density at radius 1 is 1.21 bits per heavy atom. The van der Waals surface area contributed by atoms with Crippen molar-refractivity contribution in [3.63, 3.8) is 0 Å². The Hall–Kier alpha value is -2.93. The van der Waals surface area contributed by atoms with Gasteiger partial charge in [-0.2, -0.15) is 0 Å². The van der Waals surface area contributed by atoms with Crippen LogP contribution < -0.4 is 4.74 Å². The molecule has 0 saturated heterocycles. The van der Waals surface area contributed by atoms with E-state index in [1.165, 1.54) is 25.3 Å². The minimum atomic E-state index is -0.704. The molecule has 0 aliphatic carbocycles. The fraction of sp³-hybridized carbons (Fsp3) is 0.125. The van der Waals surface area contributed by atoms with Crippen LogP contribution in [-0.4, -0.2) is 28.7 Å². The fourth-order valence-corrected chi connectivity index (χ4v) is 2.85. The number of carbonyl (C=O) groups excluding carboxylic acids is 2. The number of amides is 2. The number of benzene rings is 2. The lowest BCUT2D eigenvalue weighted by molar-refractivity contribution is -0.385. The van der Waals surface area contributed by atoms with Crippen molar-refractivity contribution in [3.8, 4) is 5.75 Å². The van der Waals surface area contributed by atoms with E-state index in [0.29, 0.717) is 16.3 Å². The summed E-state index contributed by atoms with van der Waals surface area (Å²) in [6.07, 6.45) is 0. The summed E-state index contributed by atoms with van der Waals surface area (Å²) in [6.45, 7) is -0.0900. The molecule has 0 spiro atoms. The molecule has 1 aliphatic heterocycles. The second-order valence-corrected chi connectivity index (χ2v) is 5.55. The summed E-state index contributed by atoms with van der Waals surface area (Å²) < 4.78 is 5.20. The van der Waals surface area contributed by atoms with Gasteiger partial charge in [0.15, 0.2) is 0 Å². The number of carbonyl (C=O) groups is 2. The summed E-state index contributed by atoms with van der Waals surface area (Å²) in [5.74, 6) is -0.824. The zero-order chi connectivity index (χ0) is 17.4. The zero-order valence-electron chi connectivity index (χ0n) is 12.5. The highest BCUT2D eigenvalue weighted by Crippen LogP contribution is 2.33. The Bertz CT molecular complexity index is 881. The molecule has 2 aromatic carbocycles. The highest BCUT2D eigenvalue weighted by molar-refractivity contribution is 6.30. The first-order valence-corrected chi connectivity index (χ1v) is 7.28. The van der Waals surface area contributed by atoms with Gasteiger partial charge in [0, 0.05) is 16.7 Å². The van der Waals surface area contributed by atoms with Crippen LogP contribution in [0.15, 0.2) is 36.4 Å². The average Bonchev–Trinajstić information content (AvgIpc) is 2.80. The van der Waals surface area contributed by atoms with Crippen LogP contribution in [-0.2, 0) is 6.54 Å². The summed E-state index contributed by atoms with van der Waals surface area (Å²) in [5.41, 5.74) is -0.0164. The third-order valence-electron chi connectivity index (χ3n) is 3.74. The van der Waals surface area contributed by atoms with Crippen LogP contribution in [0, 0.1) is 10.1 Å². The predicted molar refractivity (Wildman–Crippen MR) is 85.3 cm³/mol. The number of methoxy groups -OCH3 is 1. The van der Waals surface area contributed by atoms with E-state index in [9.17, 15) is 19.7 Å². The monoisotopic (exact) mass is 346 g/mol. The maximum atomic E-state index is 12.5. The maximum absolute atomic E-state index is 12.5. The Morgan fingerprint density at radius 3 is 2.62 bits per heavy atom. The fourth-order valence-electron chi connectivity index (χ4n) is 2.65. The summed E-state index contributed by atoms with van der Waals surface area (Å²) in [7, 11) is 1.46. The number of nitrogens with zero attached hydrogens (tertiary/aromatic N) is 2. The minimum absolute atomic E-state index is 0.0233. The molecule has 1 aliphatic rings. The van der Waals surface area contributed by atoms with E-state index in [4.69, 9.17) is 16.3 Å². The molecule has 3 rings (SSSR count). The molecule has 24 heavy (non-hydrogen) atoms. The van der Waals surface area contributed by atoms with E-state index in [1.54, 1.807) is 18.2 Å². The lowest BCUT2D eigenvalue weighted by Crippen LogP contribution is -2.29. The number of nitro groups is 1. The number of hydrogen-bond acceptors (Lipinski definition) is 5. The molecule has 0 radical (unpaired) electrons. The number of ether oxygens (including phenoxy) is 1. The van der Waals surface area contributed by atoms with Gasteiger partial charge in [0.1, 0.15) is 11.3 Å². The van der Waals surface area contributed by atoms with E-state index in [2.05, 4.69) is 0 Å². The van der Waals surface area contributed by atoms with Crippen LogP contribution >= 0.6 is 11.6 Å². The van der Waals surface area contributed by atoms with Gasteiger partial charge in [0.25, 0.3) is 17.5 Å². The van der Waals surface area contributed by atoms with Gasteiger partial charge < -0.3 is 4.74 Å². The van der Waals surface area contributed by atoms with Gasteiger partial charge in [0.2, 0.25) is 0 Å². The van der Waals surface area contributed by atoms with Gasteiger partial charge in [-0.3, -0.25) is 24.6 Å². The number of halogens is 1. The predicted octanol–water partition coefficient (Wildman–Crippen LogP) is 3.05. The van der Waals surface area contributed by atoms with Crippen molar-refractivity contribution in [2.45, 2.75) is 6.54 Å². The van der Waals surface area contributed by atoms with Crippen molar-refractivity contribution in [2.24, 2.45) is 0 Å². The molecular formula is C16H11ClN2O5. The molecule has 0 bridgehead atoms. The summed E-state index contributed by atoms with van der Waals surface area (Å²) >= 11 is 5.95. The molecule has 2 amide bonds. The Kier molecular flexibility index (Phi) is 3.94. The van der Waals surface area contributed by atoms with E-state index < -0.39 is 16.7 Å². The first-order valence-electron chi connectivity index (χ1n) is 6.90. The first-order chi connectivity index (χ1) is 11.4. The second kappa shape index (κ2) is 5.93. The molecule has 0 N–H and O–H groups in total. The van der Waals surface area contributed by atoms with Crippen LogP contribution in [0.25, 0.3) is 0 Å². The van der Waals surface area contributed by atoms with Gasteiger partial charge in [-0.25, -0.2) is 0 Å². The largest absolute Gasteiger partial charge is 0.496 e. The number of fused-ring (bicyclic) bond motifs is 1. The SMILES string of the molecule is COc1ccc(Cl)cc1CN1C(=O)c2cccc([N+](=O)[O-])c2C1=O. The Labute approximate surface area is 141 Å². The van der Waals surface area contributed by atoms with Gasteiger partial charge in [0.05, 0.1) is 24.1 Å². The van der Waals surface area contributed by atoms with Crippen molar-refractivity contribution >= 4 is 29.1 Å². The number of imide groups is 1. The smallest absolute Gasteiger partial charge is 0.282 e. The lowest BCUT2D eigenvalue weighted by atomic mass is 10.1. The normalized spacial score (nSPS) is 13.2. The highest BCUT2D eigenvalue weighted by atomic mass is 35.5. The van der Waals surface area contributed by atoms with Gasteiger partial charge in [-0.15, -0.1) is 0 Å². The number of nitro benzene ring substituents is 1. The second-order valence-electron chi connectivity index (χ2n) is 5.11. The van der Waals surface area contributed by atoms with Gasteiger partial charge in [-0.05, 0) is 24.3 Å². The van der Waals surface area contributed by atoms with Gasteiger partial charge in [-0.1, -0.05) is 17.7 Å². The highest BCUT2D eigenvalue weighted by Gasteiger charge is 2.41. The van der Waals surface area contributed by atoms with Crippen molar-refractivity contribution in [1.29, 1.82) is 0 Å². The Balaban J connectivity index is 2.02. The minimum Gasteiger partial charge on any atom is -0.496 e. The summed E-state index contributed by atoms with van der Waals surface area (Å²) in [4.78, 5) is 36.4. The number of rotatable bonds is 4. The topological polar surface area (TPSA) is 89.8 Å². The molecular weight excluding hydrogens is 336 g/mol. The Morgan fingerprint density at radius 2 is 1.96 bits per heavy atom. The van der Waals surface area contributed by atoms with E-state index in [-0.39, 0.29) is 23.4 Å². The lowest BCUT2D eigenvalue weighted by Gasteiger charge is -2.16. The van der Waals surface area contributed by atoms with Crippen LogP contribution in [0.1, 0.15) is 26.3 Å². The molecule has 7 nitrogen and oxygen atoms in total. The van der Waals surface area contributed by atoms with Crippen molar-refractivity contribution < 1.29 is 19.2 Å². The van der Waals surface area contributed by atoms with E-state index in [1.807, 2.05) is 0 Å². The van der Waals surface area contributed by atoms with Crippen LogP contribution in [0.3, 0.4) is 0 Å². The van der Waals surface area contributed by atoms with Crippen molar-refractivity contribution in [3.05, 3.63) is 68.2 Å². The summed E-state index contributed by atoms with van der Waals surface area (Å²) in [6, 6.07) is 8.81. The average molecular weight is 347 g/mol. The zero-order valence-corrected chi connectivity index (χ0v) is 13.2. The number of hydrogen-bond donors (Lipinski definition) is 0. The van der Waals surface area contributed by atoms with E-state index >= 15 is 0 Å². The maximum Gasteiger partial charge on any atom is 0.282 e. The van der Waals surface area contributed by atoms with Crippen LogP contribution in [0.4, 0.5) is 5.69 Å². The standard InChI is InChI=1S/C16H11ClN2O5/c1-24-13-6-5-10(17)7-9(13)8-18-15(20)11-3-2-4-12(19(22)23)14(11)16(18)21/h2-7H,8H2,1H3. The third-order valence-corrected chi connectivity index (χ3v) is 3.98. The van der Waals surface area contributed by atoms with Crippen molar-refractivity contribution in [1.82, 2.24) is 4.90 Å². The molecule has 2 aromatic rings. The van der Waals surface area contributed by atoms with Gasteiger partial charge >= 0.3 is 0 Å². The van der Waals surface area contributed by atoms with E-state index in [0.717, 1.165) is 4.90 Å². The quantitative estimate of drug-likeness (QED) is 0.482. The molecule has 8 heteroatoms. The van der Waals surface area contributed by atoms with Crippen LogP contribution in [0.2, 0.25) is 5.02 Å². The third kappa shape index (κ3) is 2.48. The molecule has 0 fully saturated rings. The molecule has 0 unspecified atom stereocenters. The summed E-state index contributed by atoms with van der Waals surface area (Å²) in [5, 5.41) is 11.5. The first kappa shape index (κ1) is 15.9. The van der Waals surface area contributed by atoms with Crippen LogP contribution in [0.5, 0.6) is 5.75 Å². The molecule has 0 aromatic heterocycles. The van der Waals surface area contributed by atoms with Crippen molar-refractivity contribution in [2.75, 3.05) is 7.11 Å². The molecule has 0 saturated carbocycles.